The van der Waals surface area contributed by atoms with Crippen molar-refractivity contribution < 1.29 is 0 Å². The Kier molecular flexibility index (Phi) is 4.93. The Bertz CT molecular complexity index is 394. The second-order valence-corrected chi connectivity index (χ2v) is 5.62. The first-order valence-corrected chi connectivity index (χ1v) is 6.77. The third kappa shape index (κ3) is 4.17. The first-order valence-electron chi connectivity index (χ1n) is 6.77. The minimum absolute atomic E-state index is 0.00603. The van der Waals surface area contributed by atoms with Crippen LogP contribution in [-0.2, 0) is 6.42 Å². The molecule has 102 valence electrons. The lowest BCUT2D eigenvalue weighted by molar-refractivity contribution is 0.627. The highest BCUT2D eigenvalue weighted by molar-refractivity contribution is 5.58. The molecule has 0 aliphatic rings. The fraction of sp³-hybridized carbons (Fsp3) is 0.714. The fourth-order valence-corrected chi connectivity index (χ4v) is 1.71. The maximum Gasteiger partial charge on any atom is 0.135 e. The number of aromatic nitrogens is 2. The van der Waals surface area contributed by atoms with E-state index >= 15 is 0 Å². The van der Waals surface area contributed by atoms with Gasteiger partial charge in [-0.15, -0.1) is 0 Å². The van der Waals surface area contributed by atoms with Crippen LogP contribution in [0.1, 0.15) is 52.4 Å². The van der Waals surface area contributed by atoms with Crippen molar-refractivity contribution in [3.8, 4) is 0 Å². The first kappa shape index (κ1) is 14.7. The molecule has 1 rings (SSSR count). The zero-order chi connectivity index (χ0) is 13.8. The van der Waals surface area contributed by atoms with E-state index < -0.39 is 0 Å². The molecule has 0 aromatic carbocycles. The number of nitrogens with zero attached hydrogens (tertiary/aromatic N) is 2. The summed E-state index contributed by atoms with van der Waals surface area (Å²) in [7, 11) is 0. The zero-order valence-electron chi connectivity index (χ0n) is 12.5. The molecule has 0 saturated heterocycles. The number of anilines is 2. The van der Waals surface area contributed by atoms with Crippen LogP contribution in [0.2, 0.25) is 0 Å². The Balaban J connectivity index is 3.13. The maximum absolute atomic E-state index is 4.63. The summed E-state index contributed by atoms with van der Waals surface area (Å²) in [5, 5.41) is 6.77. The SMILES string of the molecule is CCCc1nc(NCC)c(C)c(NC(C)(C)C)n1. The summed E-state index contributed by atoms with van der Waals surface area (Å²) in [6, 6.07) is 0. The van der Waals surface area contributed by atoms with Crippen molar-refractivity contribution >= 4 is 11.6 Å². The molecule has 0 spiro atoms. The lowest BCUT2D eigenvalue weighted by Crippen LogP contribution is -2.28. The van der Waals surface area contributed by atoms with Gasteiger partial charge >= 0.3 is 0 Å². The van der Waals surface area contributed by atoms with E-state index in [1.807, 2.05) is 0 Å². The maximum atomic E-state index is 4.63. The van der Waals surface area contributed by atoms with Gasteiger partial charge < -0.3 is 10.6 Å². The third-order valence-corrected chi connectivity index (χ3v) is 2.50. The quantitative estimate of drug-likeness (QED) is 0.841. The normalized spacial score (nSPS) is 11.4. The Morgan fingerprint density at radius 1 is 1.06 bits per heavy atom. The van der Waals surface area contributed by atoms with E-state index in [0.717, 1.165) is 42.4 Å². The van der Waals surface area contributed by atoms with Gasteiger partial charge in [-0.1, -0.05) is 6.92 Å². The van der Waals surface area contributed by atoms with Crippen molar-refractivity contribution in [3.63, 3.8) is 0 Å². The summed E-state index contributed by atoms with van der Waals surface area (Å²) >= 11 is 0. The van der Waals surface area contributed by atoms with Crippen LogP contribution in [0.15, 0.2) is 0 Å². The van der Waals surface area contributed by atoms with Gasteiger partial charge in [-0.25, -0.2) is 9.97 Å². The molecule has 0 radical (unpaired) electrons. The molecule has 0 aliphatic heterocycles. The largest absolute Gasteiger partial charge is 0.370 e. The second-order valence-electron chi connectivity index (χ2n) is 5.62. The van der Waals surface area contributed by atoms with E-state index in [-0.39, 0.29) is 5.54 Å². The predicted molar refractivity (Wildman–Crippen MR) is 78.3 cm³/mol. The standard InChI is InChI=1S/C14H26N4/c1-7-9-11-16-12(15-8-2)10(3)13(17-11)18-14(4,5)6/h7-9H2,1-6H3,(H2,15,16,17,18). The molecule has 4 nitrogen and oxygen atoms in total. The lowest BCUT2D eigenvalue weighted by Gasteiger charge is -2.24. The molecule has 0 atom stereocenters. The summed E-state index contributed by atoms with van der Waals surface area (Å²) in [6.07, 6.45) is 1.97. The molecule has 1 heterocycles. The van der Waals surface area contributed by atoms with Gasteiger partial charge in [0.05, 0.1) is 0 Å². The molecule has 0 fully saturated rings. The summed E-state index contributed by atoms with van der Waals surface area (Å²) in [5.74, 6) is 2.80. The van der Waals surface area contributed by atoms with Crippen LogP contribution < -0.4 is 10.6 Å². The van der Waals surface area contributed by atoms with Crippen LogP contribution in [0, 0.1) is 6.92 Å². The zero-order valence-corrected chi connectivity index (χ0v) is 12.5. The van der Waals surface area contributed by atoms with E-state index in [1.165, 1.54) is 0 Å². The van der Waals surface area contributed by atoms with Crippen LogP contribution in [-0.4, -0.2) is 22.1 Å². The number of nitrogens with one attached hydrogen (secondary N) is 2. The highest BCUT2D eigenvalue weighted by Gasteiger charge is 2.15. The smallest absolute Gasteiger partial charge is 0.135 e. The van der Waals surface area contributed by atoms with Gasteiger partial charge in [0.15, 0.2) is 0 Å². The Hall–Kier alpha value is -1.32. The minimum atomic E-state index is 0.00603. The number of rotatable bonds is 5. The topological polar surface area (TPSA) is 49.8 Å². The number of aryl methyl sites for hydroxylation is 1. The van der Waals surface area contributed by atoms with E-state index in [2.05, 4.69) is 62.1 Å². The van der Waals surface area contributed by atoms with Crippen LogP contribution in [0.5, 0.6) is 0 Å². The van der Waals surface area contributed by atoms with Gasteiger partial charge in [0.1, 0.15) is 17.5 Å². The van der Waals surface area contributed by atoms with Crippen molar-refractivity contribution in [1.29, 1.82) is 0 Å². The van der Waals surface area contributed by atoms with Gasteiger partial charge in [0, 0.05) is 24.1 Å². The van der Waals surface area contributed by atoms with Gasteiger partial charge in [-0.05, 0) is 41.0 Å². The minimum Gasteiger partial charge on any atom is -0.370 e. The summed E-state index contributed by atoms with van der Waals surface area (Å²) in [5.41, 5.74) is 1.10. The molecule has 0 bridgehead atoms. The molecule has 18 heavy (non-hydrogen) atoms. The highest BCUT2D eigenvalue weighted by atomic mass is 15.1. The van der Waals surface area contributed by atoms with Gasteiger partial charge in [-0.2, -0.15) is 0 Å². The second kappa shape index (κ2) is 6.03. The average molecular weight is 250 g/mol. The Morgan fingerprint density at radius 2 is 1.67 bits per heavy atom. The highest BCUT2D eigenvalue weighted by Crippen LogP contribution is 2.23. The van der Waals surface area contributed by atoms with Crippen LogP contribution >= 0.6 is 0 Å². The molecule has 1 aromatic rings. The molecular formula is C14H26N4. The van der Waals surface area contributed by atoms with Crippen molar-refractivity contribution in [3.05, 3.63) is 11.4 Å². The van der Waals surface area contributed by atoms with Crippen LogP contribution in [0.4, 0.5) is 11.6 Å². The van der Waals surface area contributed by atoms with Gasteiger partial charge in [0.25, 0.3) is 0 Å². The van der Waals surface area contributed by atoms with Gasteiger partial charge in [0.2, 0.25) is 0 Å². The molecule has 4 heteroatoms. The molecule has 2 N–H and O–H groups in total. The molecule has 0 aliphatic carbocycles. The van der Waals surface area contributed by atoms with E-state index in [9.17, 15) is 0 Å². The number of hydrogen-bond acceptors (Lipinski definition) is 4. The predicted octanol–water partition coefficient (Wildman–Crippen LogP) is 3.38. The summed E-state index contributed by atoms with van der Waals surface area (Å²) in [6.45, 7) is 13.6. The van der Waals surface area contributed by atoms with E-state index in [4.69, 9.17) is 0 Å². The Morgan fingerprint density at radius 3 is 2.17 bits per heavy atom. The van der Waals surface area contributed by atoms with Crippen molar-refractivity contribution in [2.45, 2.75) is 59.9 Å². The van der Waals surface area contributed by atoms with Crippen LogP contribution in [0.3, 0.4) is 0 Å². The number of hydrogen-bond donors (Lipinski definition) is 2. The Labute approximate surface area is 111 Å². The monoisotopic (exact) mass is 250 g/mol. The molecule has 1 aromatic heterocycles. The summed E-state index contributed by atoms with van der Waals surface area (Å²) < 4.78 is 0. The molecule has 0 saturated carbocycles. The van der Waals surface area contributed by atoms with E-state index in [1.54, 1.807) is 0 Å². The molecular weight excluding hydrogens is 224 g/mol. The van der Waals surface area contributed by atoms with Gasteiger partial charge in [-0.3, -0.25) is 0 Å². The first-order chi connectivity index (χ1) is 8.37. The van der Waals surface area contributed by atoms with Crippen molar-refractivity contribution in [1.82, 2.24) is 9.97 Å². The molecule has 0 unspecified atom stereocenters. The fourth-order valence-electron chi connectivity index (χ4n) is 1.71. The third-order valence-electron chi connectivity index (χ3n) is 2.50. The summed E-state index contributed by atoms with van der Waals surface area (Å²) in [4.78, 5) is 9.21. The van der Waals surface area contributed by atoms with Crippen molar-refractivity contribution in [2.75, 3.05) is 17.2 Å². The van der Waals surface area contributed by atoms with E-state index in [0.29, 0.717) is 0 Å². The average Bonchev–Trinajstić information content (AvgIpc) is 2.23. The molecule has 0 amide bonds. The van der Waals surface area contributed by atoms with Crippen molar-refractivity contribution in [2.24, 2.45) is 0 Å². The van der Waals surface area contributed by atoms with Crippen LogP contribution in [0.25, 0.3) is 0 Å². The lowest BCUT2D eigenvalue weighted by atomic mass is 10.1.